The predicted octanol–water partition coefficient (Wildman–Crippen LogP) is 1.73. The van der Waals surface area contributed by atoms with E-state index in [9.17, 15) is 4.79 Å². The Labute approximate surface area is 74.5 Å². The van der Waals surface area contributed by atoms with Gasteiger partial charge < -0.3 is 5.73 Å². The molecule has 0 spiro atoms. The Morgan fingerprint density at radius 1 is 1.58 bits per heavy atom. The van der Waals surface area contributed by atoms with E-state index in [4.69, 9.17) is 5.73 Å². The van der Waals surface area contributed by atoms with E-state index in [0.717, 1.165) is 12.8 Å². The van der Waals surface area contributed by atoms with Gasteiger partial charge in [-0.25, -0.2) is 0 Å². The first kappa shape index (κ1) is 9.72. The maximum absolute atomic E-state index is 11.5. The Kier molecular flexibility index (Phi) is 3.73. The molecule has 12 heavy (non-hydrogen) atoms. The molecule has 0 aromatic carbocycles. The molecule has 1 rings (SSSR count). The van der Waals surface area contributed by atoms with Crippen LogP contribution in [0.15, 0.2) is 0 Å². The van der Waals surface area contributed by atoms with Gasteiger partial charge in [-0.3, -0.25) is 4.79 Å². The zero-order valence-electron chi connectivity index (χ0n) is 7.88. The average molecular weight is 169 g/mol. The summed E-state index contributed by atoms with van der Waals surface area (Å²) >= 11 is 0. The highest BCUT2D eigenvalue weighted by molar-refractivity contribution is 5.81. The second-order valence-electron chi connectivity index (χ2n) is 3.81. The molecule has 2 N–H and O–H groups in total. The molecule has 0 radical (unpaired) electrons. The van der Waals surface area contributed by atoms with Crippen molar-refractivity contribution in [1.82, 2.24) is 0 Å². The SMILES string of the molecule is CCC(CN)C(=O)CC1CCC1. The highest BCUT2D eigenvalue weighted by Crippen LogP contribution is 2.30. The third-order valence-corrected chi connectivity index (χ3v) is 2.95. The van der Waals surface area contributed by atoms with E-state index in [0.29, 0.717) is 18.2 Å². The Balaban J connectivity index is 2.24. The van der Waals surface area contributed by atoms with Crippen LogP contribution in [0, 0.1) is 11.8 Å². The number of Topliss-reactive ketones (excluding diaryl/α,β-unsaturated/α-hetero) is 1. The molecule has 0 saturated heterocycles. The fourth-order valence-corrected chi connectivity index (χ4v) is 1.67. The van der Waals surface area contributed by atoms with Gasteiger partial charge in [-0.2, -0.15) is 0 Å². The molecule has 0 aliphatic heterocycles. The summed E-state index contributed by atoms with van der Waals surface area (Å²) in [5, 5.41) is 0. The van der Waals surface area contributed by atoms with Gasteiger partial charge in [0.25, 0.3) is 0 Å². The molecule has 0 aromatic rings. The predicted molar refractivity (Wildman–Crippen MR) is 49.8 cm³/mol. The lowest BCUT2D eigenvalue weighted by Gasteiger charge is -2.25. The third-order valence-electron chi connectivity index (χ3n) is 2.95. The molecule has 0 amide bonds. The third kappa shape index (κ3) is 2.31. The quantitative estimate of drug-likeness (QED) is 0.681. The van der Waals surface area contributed by atoms with Gasteiger partial charge in [-0.05, 0) is 12.3 Å². The van der Waals surface area contributed by atoms with Crippen molar-refractivity contribution in [3.8, 4) is 0 Å². The summed E-state index contributed by atoms with van der Waals surface area (Å²) in [4.78, 5) is 11.5. The van der Waals surface area contributed by atoms with Crippen molar-refractivity contribution in [2.75, 3.05) is 6.54 Å². The van der Waals surface area contributed by atoms with E-state index in [1.54, 1.807) is 0 Å². The van der Waals surface area contributed by atoms with E-state index < -0.39 is 0 Å². The number of carbonyl (C=O) groups excluding carboxylic acids is 1. The minimum Gasteiger partial charge on any atom is -0.330 e. The monoisotopic (exact) mass is 169 g/mol. The maximum atomic E-state index is 11.5. The second-order valence-corrected chi connectivity index (χ2v) is 3.81. The minimum atomic E-state index is 0.130. The van der Waals surface area contributed by atoms with Crippen LogP contribution in [0.3, 0.4) is 0 Å². The van der Waals surface area contributed by atoms with E-state index >= 15 is 0 Å². The van der Waals surface area contributed by atoms with E-state index in [1.807, 2.05) is 6.92 Å². The van der Waals surface area contributed by atoms with Crippen LogP contribution >= 0.6 is 0 Å². The summed E-state index contributed by atoms with van der Waals surface area (Å²) in [6, 6.07) is 0. The Morgan fingerprint density at radius 2 is 2.25 bits per heavy atom. The van der Waals surface area contributed by atoms with Gasteiger partial charge in [0.1, 0.15) is 5.78 Å². The van der Waals surface area contributed by atoms with Crippen molar-refractivity contribution in [3.63, 3.8) is 0 Å². The van der Waals surface area contributed by atoms with Gasteiger partial charge >= 0.3 is 0 Å². The van der Waals surface area contributed by atoms with Crippen molar-refractivity contribution >= 4 is 5.78 Å². The lowest BCUT2D eigenvalue weighted by molar-refractivity contribution is -0.124. The summed E-state index contributed by atoms with van der Waals surface area (Å²) in [5.74, 6) is 1.22. The molecule has 1 aliphatic carbocycles. The first-order valence-corrected chi connectivity index (χ1v) is 5.00. The largest absolute Gasteiger partial charge is 0.330 e. The van der Waals surface area contributed by atoms with Crippen molar-refractivity contribution < 1.29 is 4.79 Å². The van der Waals surface area contributed by atoms with E-state index in [2.05, 4.69) is 0 Å². The molecule has 2 nitrogen and oxygen atoms in total. The summed E-state index contributed by atoms with van der Waals surface area (Å²) in [6.45, 7) is 2.57. The molecule has 1 unspecified atom stereocenters. The number of nitrogens with two attached hydrogens (primary N) is 1. The van der Waals surface area contributed by atoms with Crippen molar-refractivity contribution in [1.29, 1.82) is 0 Å². The number of hydrogen-bond acceptors (Lipinski definition) is 2. The minimum absolute atomic E-state index is 0.130. The topological polar surface area (TPSA) is 43.1 Å². The average Bonchev–Trinajstić information content (AvgIpc) is 1.99. The highest BCUT2D eigenvalue weighted by atomic mass is 16.1. The van der Waals surface area contributed by atoms with Crippen LogP contribution in [0.5, 0.6) is 0 Å². The van der Waals surface area contributed by atoms with Crippen LogP contribution in [-0.2, 0) is 4.79 Å². The summed E-state index contributed by atoms with van der Waals surface area (Å²) in [5.41, 5.74) is 5.50. The van der Waals surface area contributed by atoms with Crippen LogP contribution < -0.4 is 5.73 Å². The van der Waals surface area contributed by atoms with Crippen LogP contribution in [0.4, 0.5) is 0 Å². The van der Waals surface area contributed by atoms with Crippen molar-refractivity contribution in [2.45, 2.75) is 39.0 Å². The summed E-state index contributed by atoms with van der Waals surface area (Å²) in [7, 11) is 0. The molecule has 70 valence electrons. The fourth-order valence-electron chi connectivity index (χ4n) is 1.67. The fraction of sp³-hybridized carbons (Fsp3) is 0.900. The molecule has 1 atom stereocenters. The number of rotatable bonds is 5. The van der Waals surface area contributed by atoms with Gasteiger partial charge in [-0.1, -0.05) is 26.2 Å². The molecule has 1 saturated carbocycles. The standard InChI is InChI=1S/C10H19NO/c1-2-9(7-11)10(12)6-8-4-3-5-8/h8-9H,2-7,11H2,1H3. The molecule has 1 aliphatic rings. The molecule has 0 bridgehead atoms. The van der Waals surface area contributed by atoms with E-state index in [1.165, 1.54) is 19.3 Å². The summed E-state index contributed by atoms with van der Waals surface area (Å²) < 4.78 is 0. The second kappa shape index (κ2) is 4.61. The summed E-state index contributed by atoms with van der Waals surface area (Å²) in [6.07, 6.45) is 5.52. The molecular formula is C10H19NO. The van der Waals surface area contributed by atoms with Gasteiger partial charge in [0.15, 0.2) is 0 Å². The number of ketones is 1. The smallest absolute Gasteiger partial charge is 0.137 e. The maximum Gasteiger partial charge on any atom is 0.137 e. The first-order chi connectivity index (χ1) is 5.77. The van der Waals surface area contributed by atoms with E-state index in [-0.39, 0.29) is 5.92 Å². The van der Waals surface area contributed by atoms with Gasteiger partial charge in [0.05, 0.1) is 0 Å². The Morgan fingerprint density at radius 3 is 2.58 bits per heavy atom. The Hall–Kier alpha value is -0.370. The molecular weight excluding hydrogens is 150 g/mol. The van der Waals surface area contributed by atoms with Crippen LogP contribution in [0.25, 0.3) is 0 Å². The lowest BCUT2D eigenvalue weighted by atomic mass is 9.79. The first-order valence-electron chi connectivity index (χ1n) is 5.00. The van der Waals surface area contributed by atoms with Gasteiger partial charge in [0, 0.05) is 18.9 Å². The van der Waals surface area contributed by atoms with Crippen LogP contribution in [-0.4, -0.2) is 12.3 Å². The zero-order chi connectivity index (χ0) is 8.97. The molecule has 0 aromatic heterocycles. The normalized spacial score (nSPS) is 20.2. The number of hydrogen-bond donors (Lipinski definition) is 1. The van der Waals surface area contributed by atoms with Gasteiger partial charge in [0.2, 0.25) is 0 Å². The van der Waals surface area contributed by atoms with Crippen LogP contribution in [0.1, 0.15) is 39.0 Å². The highest BCUT2D eigenvalue weighted by Gasteiger charge is 2.23. The van der Waals surface area contributed by atoms with Crippen molar-refractivity contribution in [3.05, 3.63) is 0 Å². The van der Waals surface area contributed by atoms with Crippen molar-refractivity contribution in [2.24, 2.45) is 17.6 Å². The zero-order valence-corrected chi connectivity index (χ0v) is 7.88. The number of carbonyl (C=O) groups is 1. The van der Waals surface area contributed by atoms with Gasteiger partial charge in [-0.15, -0.1) is 0 Å². The molecule has 0 heterocycles. The molecule has 1 fully saturated rings. The molecule has 2 heteroatoms. The van der Waals surface area contributed by atoms with Crippen LogP contribution in [0.2, 0.25) is 0 Å². The Bertz CT molecular complexity index is 148. The lowest BCUT2D eigenvalue weighted by Crippen LogP contribution is -2.26.